The maximum absolute atomic E-state index is 6.14. The molecule has 0 bridgehead atoms. The molecule has 0 saturated heterocycles. The first-order valence-corrected chi connectivity index (χ1v) is 18.3. The summed E-state index contributed by atoms with van der Waals surface area (Å²) in [6.07, 6.45) is 0. The average Bonchev–Trinajstić information content (AvgIpc) is 3.61. The fourth-order valence-electron chi connectivity index (χ4n) is 8.69. The molecule has 1 heteroatoms. The zero-order valence-corrected chi connectivity index (χ0v) is 28.9. The molecule has 1 aromatic heterocycles. The maximum Gasteiger partial charge on any atom is 0.135 e. The van der Waals surface area contributed by atoms with E-state index in [0.717, 1.165) is 21.9 Å². The summed E-state index contributed by atoms with van der Waals surface area (Å²) in [5, 5.41) is 12.4. The summed E-state index contributed by atoms with van der Waals surface area (Å²) in [5.74, 6) is 0. The van der Waals surface area contributed by atoms with Gasteiger partial charge in [-0.25, -0.2) is 0 Å². The van der Waals surface area contributed by atoms with E-state index in [-0.39, 0.29) is 0 Å². The molecule has 0 aliphatic heterocycles. The van der Waals surface area contributed by atoms with Crippen molar-refractivity contribution in [1.29, 1.82) is 0 Å². The Labute approximate surface area is 307 Å². The Morgan fingerprint density at radius 3 is 1.42 bits per heavy atom. The summed E-state index contributed by atoms with van der Waals surface area (Å²) in [5.41, 5.74) is 11.6. The van der Waals surface area contributed by atoms with Crippen molar-refractivity contribution >= 4 is 65.0 Å². The van der Waals surface area contributed by atoms with E-state index in [1.807, 2.05) is 12.1 Å². The molecule has 0 unspecified atom stereocenters. The predicted molar refractivity (Wildman–Crippen MR) is 225 cm³/mol. The van der Waals surface area contributed by atoms with Gasteiger partial charge in [0.1, 0.15) is 11.2 Å². The maximum atomic E-state index is 6.14. The molecule has 0 saturated carbocycles. The molecule has 11 rings (SSSR count). The quantitative estimate of drug-likeness (QED) is 0.134. The van der Waals surface area contributed by atoms with Crippen LogP contribution in [0.2, 0.25) is 0 Å². The Hall–Kier alpha value is -6.96. The van der Waals surface area contributed by atoms with Crippen molar-refractivity contribution in [2.24, 2.45) is 0 Å². The van der Waals surface area contributed by atoms with E-state index in [4.69, 9.17) is 4.42 Å². The van der Waals surface area contributed by atoms with E-state index >= 15 is 0 Å². The lowest BCUT2D eigenvalue weighted by Crippen LogP contribution is -1.92. The van der Waals surface area contributed by atoms with E-state index in [0.29, 0.717) is 0 Å². The van der Waals surface area contributed by atoms with Crippen LogP contribution in [0.3, 0.4) is 0 Å². The summed E-state index contributed by atoms with van der Waals surface area (Å²) in [7, 11) is 0. The summed E-state index contributed by atoms with van der Waals surface area (Å²) in [6.45, 7) is 0. The van der Waals surface area contributed by atoms with Gasteiger partial charge in [0.25, 0.3) is 0 Å². The molecule has 0 radical (unpaired) electrons. The fraction of sp³-hybridized carbons (Fsp3) is 0. The number of hydrogen-bond donors (Lipinski definition) is 0. The Balaban J connectivity index is 1.09. The minimum Gasteiger partial charge on any atom is -0.456 e. The third kappa shape index (κ3) is 4.64. The van der Waals surface area contributed by atoms with Gasteiger partial charge in [-0.15, -0.1) is 0 Å². The highest BCUT2D eigenvalue weighted by molar-refractivity contribution is 6.25. The second-order valence-electron chi connectivity index (χ2n) is 14.0. The monoisotopic (exact) mass is 672 g/mol. The molecule has 1 heterocycles. The van der Waals surface area contributed by atoms with Gasteiger partial charge >= 0.3 is 0 Å². The molecule has 246 valence electrons. The van der Waals surface area contributed by atoms with E-state index < -0.39 is 0 Å². The van der Waals surface area contributed by atoms with Gasteiger partial charge in [0.15, 0.2) is 0 Å². The van der Waals surface area contributed by atoms with Gasteiger partial charge in [-0.2, -0.15) is 0 Å². The average molecular weight is 673 g/mol. The van der Waals surface area contributed by atoms with Crippen LogP contribution >= 0.6 is 0 Å². The van der Waals surface area contributed by atoms with Gasteiger partial charge in [0, 0.05) is 10.8 Å². The van der Waals surface area contributed by atoms with Crippen molar-refractivity contribution < 1.29 is 4.42 Å². The molecule has 0 N–H and O–H groups in total. The molecule has 0 amide bonds. The normalized spacial score (nSPS) is 11.8. The molecule has 11 aromatic rings. The lowest BCUT2D eigenvalue weighted by Gasteiger charge is -2.20. The van der Waals surface area contributed by atoms with Crippen molar-refractivity contribution in [2.45, 2.75) is 0 Å². The predicted octanol–water partition coefficient (Wildman–Crippen LogP) is 14.9. The second-order valence-corrected chi connectivity index (χ2v) is 14.0. The number of fused-ring (bicyclic) bond motifs is 8. The Morgan fingerprint density at radius 2 is 0.717 bits per heavy atom. The zero-order valence-electron chi connectivity index (χ0n) is 28.9. The molecule has 0 atom stereocenters. The molecular weight excluding hydrogens is 641 g/mol. The van der Waals surface area contributed by atoms with Crippen LogP contribution in [-0.4, -0.2) is 0 Å². The van der Waals surface area contributed by atoms with E-state index in [9.17, 15) is 0 Å². The van der Waals surface area contributed by atoms with Crippen molar-refractivity contribution in [1.82, 2.24) is 0 Å². The first kappa shape index (κ1) is 29.7. The largest absolute Gasteiger partial charge is 0.456 e. The van der Waals surface area contributed by atoms with Gasteiger partial charge < -0.3 is 4.42 Å². The first-order valence-electron chi connectivity index (χ1n) is 18.3. The van der Waals surface area contributed by atoms with E-state index in [1.54, 1.807) is 0 Å². The van der Waals surface area contributed by atoms with Crippen LogP contribution in [-0.2, 0) is 0 Å². The summed E-state index contributed by atoms with van der Waals surface area (Å²) < 4.78 is 6.14. The highest BCUT2D eigenvalue weighted by atomic mass is 16.3. The minimum absolute atomic E-state index is 0.913. The van der Waals surface area contributed by atoms with Crippen LogP contribution < -0.4 is 0 Å². The number of furan rings is 1. The van der Waals surface area contributed by atoms with E-state index in [2.05, 4.69) is 182 Å². The molecule has 53 heavy (non-hydrogen) atoms. The Bertz CT molecular complexity index is 3160. The van der Waals surface area contributed by atoms with Crippen LogP contribution in [0.5, 0.6) is 0 Å². The smallest absolute Gasteiger partial charge is 0.135 e. The summed E-state index contributed by atoms with van der Waals surface area (Å²) >= 11 is 0. The Kier molecular flexibility index (Phi) is 6.62. The van der Waals surface area contributed by atoms with Gasteiger partial charge in [-0.05, 0) is 112 Å². The highest BCUT2D eigenvalue weighted by Gasteiger charge is 2.19. The molecule has 10 aromatic carbocycles. The molecular formula is C52H32O. The summed E-state index contributed by atoms with van der Waals surface area (Å²) in [6, 6.07) is 70.6. The molecule has 1 nitrogen and oxygen atoms in total. The number of benzene rings is 10. The first-order chi connectivity index (χ1) is 26.3. The van der Waals surface area contributed by atoms with Crippen LogP contribution in [0.1, 0.15) is 0 Å². The second kappa shape index (κ2) is 11.8. The SMILES string of the molecule is c1ccc(-c2ccc3oc4ccccc4c3c2)c(-c2ccc(-c3c4ccccc4c(-c4cc5ccccc5c5ccccc45)c4ccccc34)cc2)c1. The van der Waals surface area contributed by atoms with Crippen molar-refractivity contribution in [3.05, 3.63) is 194 Å². The molecule has 0 fully saturated rings. The van der Waals surface area contributed by atoms with Gasteiger partial charge in [0.05, 0.1) is 0 Å². The lowest BCUT2D eigenvalue weighted by molar-refractivity contribution is 0.669. The molecule has 0 aliphatic rings. The van der Waals surface area contributed by atoms with Crippen LogP contribution in [0.4, 0.5) is 0 Å². The standard InChI is InChI=1S/C52H32O/c1-2-16-39-35(13-1)32-48(41-18-6-5-17-40(39)41)52-45-22-9-7-20-43(45)51(44-21-8-10-23-46(44)52)34-27-25-33(26-28-34)37-14-3-4-15-38(37)36-29-30-50-47(31-36)42-19-11-12-24-49(42)53-50/h1-32H. The van der Waals surface area contributed by atoms with Crippen LogP contribution in [0, 0.1) is 0 Å². The topological polar surface area (TPSA) is 13.1 Å². The molecule has 0 spiro atoms. The third-order valence-corrected chi connectivity index (χ3v) is 11.1. The van der Waals surface area contributed by atoms with Crippen molar-refractivity contribution in [3.8, 4) is 44.5 Å². The number of hydrogen-bond acceptors (Lipinski definition) is 1. The number of rotatable bonds is 4. The minimum atomic E-state index is 0.913. The van der Waals surface area contributed by atoms with Crippen LogP contribution in [0.15, 0.2) is 199 Å². The van der Waals surface area contributed by atoms with Crippen molar-refractivity contribution in [3.63, 3.8) is 0 Å². The van der Waals surface area contributed by atoms with Gasteiger partial charge in [-0.1, -0.05) is 170 Å². The molecule has 0 aliphatic carbocycles. The van der Waals surface area contributed by atoms with Gasteiger partial charge in [0.2, 0.25) is 0 Å². The Morgan fingerprint density at radius 1 is 0.245 bits per heavy atom. The highest BCUT2D eigenvalue weighted by Crippen LogP contribution is 2.47. The van der Waals surface area contributed by atoms with Crippen molar-refractivity contribution in [2.75, 3.05) is 0 Å². The third-order valence-electron chi connectivity index (χ3n) is 11.1. The fourth-order valence-corrected chi connectivity index (χ4v) is 8.69. The van der Waals surface area contributed by atoms with Gasteiger partial charge in [-0.3, -0.25) is 0 Å². The van der Waals surface area contributed by atoms with Crippen LogP contribution in [0.25, 0.3) is 110 Å². The summed E-state index contributed by atoms with van der Waals surface area (Å²) in [4.78, 5) is 0. The lowest BCUT2D eigenvalue weighted by atomic mass is 9.83. The number of para-hydroxylation sites is 1. The zero-order chi connectivity index (χ0) is 34.9. The van der Waals surface area contributed by atoms with E-state index in [1.165, 1.54) is 87.6 Å².